The number of ether oxygens (including phenoxy) is 1. The van der Waals surface area contributed by atoms with Crippen LogP contribution in [0.15, 0.2) is 30.3 Å². The summed E-state index contributed by atoms with van der Waals surface area (Å²) in [6.07, 6.45) is 0. The number of thiocarbonyl (C=S) groups is 1. The average molecular weight is 280 g/mol. The van der Waals surface area contributed by atoms with Gasteiger partial charge in [0.05, 0.1) is 0 Å². The van der Waals surface area contributed by atoms with Gasteiger partial charge in [-0.2, -0.15) is 0 Å². The second kappa shape index (κ2) is 5.27. The van der Waals surface area contributed by atoms with Crippen LogP contribution in [0.2, 0.25) is 0 Å². The van der Waals surface area contributed by atoms with Gasteiger partial charge in [0, 0.05) is 23.4 Å². The number of nitrogens with two attached hydrogens (primary N) is 1. The van der Waals surface area contributed by atoms with Crippen molar-refractivity contribution in [3.63, 3.8) is 0 Å². The summed E-state index contributed by atoms with van der Waals surface area (Å²) < 4.78 is 31.2. The van der Waals surface area contributed by atoms with E-state index < -0.39 is 11.6 Å². The van der Waals surface area contributed by atoms with Gasteiger partial charge in [-0.3, -0.25) is 0 Å². The van der Waals surface area contributed by atoms with E-state index in [9.17, 15) is 8.78 Å². The second-order valence-corrected chi connectivity index (χ2v) is 4.32. The Bertz CT molecular complexity index is 647. The maximum atomic E-state index is 13.1. The third-order valence-corrected chi connectivity index (χ3v) is 2.56. The van der Waals surface area contributed by atoms with Crippen molar-refractivity contribution in [2.24, 2.45) is 5.73 Å². The molecular formula is C13H10F2N2OS. The lowest BCUT2D eigenvalue weighted by Gasteiger charge is -2.08. The van der Waals surface area contributed by atoms with Crippen LogP contribution in [0.1, 0.15) is 11.3 Å². The van der Waals surface area contributed by atoms with Crippen LogP contribution in [-0.2, 0) is 0 Å². The fourth-order valence-corrected chi connectivity index (χ4v) is 1.61. The Kier molecular flexibility index (Phi) is 3.71. The molecule has 3 nitrogen and oxygen atoms in total. The van der Waals surface area contributed by atoms with E-state index in [1.165, 1.54) is 12.1 Å². The number of hydrogen-bond acceptors (Lipinski definition) is 3. The first-order valence-electron chi connectivity index (χ1n) is 5.37. The second-order valence-electron chi connectivity index (χ2n) is 3.88. The Morgan fingerprint density at radius 1 is 1.21 bits per heavy atom. The molecule has 1 aromatic heterocycles. The molecule has 6 heteroatoms. The van der Waals surface area contributed by atoms with E-state index in [2.05, 4.69) is 4.98 Å². The molecule has 0 bridgehead atoms. The van der Waals surface area contributed by atoms with Gasteiger partial charge in [0.15, 0.2) is 11.6 Å². The molecule has 1 aromatic carbocycles. The highest BCUT2D eigenvalue weighted by molar-refractivity contribution is 7.80. The van der Waals surface area contributed by atoms with Gasteiger partial charge in [-0.1, -0.05) is 12.2 Å². The predicted molar refractivity (Wildman–Crippen MR) is 71.3 cm³/mol. The lowest BCUT2D eigenvalue weighted by Crippen LogP contribution is -2.10. The molecule has 0 saturated heterocycles. The summed E-state index contributed by atoms with van der Waals surface area (Å²) in [6.45, 7) is 1.75. The summed E-state index contributed by atoms with van der Waals surface area (Å²) in [7, 11) is 0. The van der Waals surface area contributed by atoms with Crippen LogP contribution >= 0.6 is 12.2 Å². The molecule has 0 saturated carbocycles. The zero-order valence-corrected chi connectivity index (χ0v) is 10.8. The van der Waals surface area contributed by atoms with Gasteiger partial charge < -0.3 is 10.5 Å². The van der Waals surface area contributed by atoms with Crippen LogP contribution in [0, 0.1) is 18.6 Å². The molecule has 0 aliphatic heterocycles. The summed E-state index contributed by atoms with van der Waals surface area (Å²) in [5.74, 6) is -1.56. The summed E-state index contributed by atoms with van der Waals surface area (Å²) >= 11 is 4.87. The first-order chi connectivity index (χ1) is 8.95. The van der Waals surface area contributed by atoms with Gasteiger partial charge in [0.1, 0.15) is 10.7 Å². The van der Waals surface area contributed by atoms with E-state index in [-0.39, 0.29) is 16.6 Å². The molecule has 0 spiro atoms. The number of rotatable bonds is 3. The molecule has 19 heavy (non-hydrogen) atoms. The summed E-state index contributed by atoms with van der Waals surface area (Å²) in [6, 6.07) is 6.48. The van der Waals surface area contributed by atoms with Gasteiger partial charge in [0.25, 0.3) is 0 Å². The van der Waals surface area contributed by atoms with Crippen molar-refractivity contribution in [2.75, 3.05) is 0 Å². The average Bonchev–Trinajstić information content (AvgIpc) is 2.33. The lowest BCUT2D eigenvalue weighted by atomic mass is 10.2. The van der Waals surface area contributed by atoms with E-state index >= 15 is 0 Å². The van der Waals surface area contributed by atoms with Crippen LogP contribution in [0.3, 0.4) is 0 Å². The number of halogens is 2. The van der Waals surface area contributed by atoms with Gasteiger partial charge in [-0.25, -0.2) is 13.8 Å². The maximum Gasteiger partial charge on any atom is 0.220 e. The van der Waals surface area contributed by atoms with Crippen molar-refractivity contribution in [1.29, 1.82) is 0 Å². The van der Waals surface area contributed by atoms with Gasteiger partial charge in [-0.15, -0.1) is 0 Å². The van der Waals surface area contributed by atoms with E-state index in [1.54, 1.807) is 13.0 Å². The van der Waals surface area contributed by atoms with Crippen LogP contribution in [-0.4, -0.2) is 9.97 Å². The zero-order valence-electron chi connectivity index (χ0n) is 9.98. The van der Waals surface area contributed by atoms with Crippen LogP contribution in [0.25, 0.3) is 0 Å². The van der Waals surface area contributed by atoms with Crippen molar-refractivity contribution in [1.82, 2.24) is 4.98 Å². The topological polar surface area (TPSA) is 48.1 Å². The van der Waals surface area contributed by atoms with E-state index in [0.717, 1.165) is 12.1 Å². The number of benzene rings is 1. The number of hydrogen-bond donors (Lipinski definition) is 1. The first-order valence-corrected chi connectivity index (χ1v) is 5.78. The van der Waals surface area contributed by atoms with E-state index in [1.807, 2.05) is 0 Å². The zero-order chi connectivity index (χ0) is 14.0. The Morgan fingerprint density at radius 3 is 2.58 bits per heavy atom. The molecule has 0 radical (unpaired) electrons. The largest absolute Gasteiger partial charge is 0.439 e. The highest BCUT2D eigenvalue weighted by Crippen LogP contribution is 2.22. The molecule has 2 aromatic rings. The molecule has 0 aliphatic carbocycles. The Balaban J connectivity index is 2.32. The quantitative estimate of drug-likeness (QED) is 0.878. The van der Waals surface area contributed by atoms with Crippen molar-refractivity contribution in [3.05, 3.63) is 53.2 Å². The van der Waals surface area contributed by atoms with Crippen LogP contribution < -0.4 is 10.5 Å². The third kappa shape index (κ3) is 3.23. The number of aryl methyl sites for hydroxylation is 1. The fourth-order valence-electron chi connectivity index (χ4n) is 1.49. The van der Waals surface area contributed by atoms with Gasteiger partial charge in [0.2, 0.25) is 5.88 Å². The number of pyridine rings is 1. The summed E-state index contributed by atoms with van der Waals surface area (Å²) in [5.41, 5.74) is 6.78. The molecule has 2 rings (SSSR count). The SMILES string of the molecule is Cc1cc(C(N)=S)cc(Oc2ccc(F)c(F)c2)n1. The highest BCUT2D eigenvalue weighted by atomic mass is 32.1. The van der Waals surface area contributed by atoms with E-state index in [4.69, 9.17) is 22.7 Å². The smallest absolute Gasteiger partial charge is 0.220 e. The monoisotopic (exact) mass is 280 g/mol. The Labute approximate surface area is 114 Å². The van der Waals surface area contributed by atoms with Crippen molar-refractivity contribution >= 4 is 17.2 Å². The number of nitrogens with zero attached hydrogens (tertiary/aromatic N) is 1. The van der Waals surface area contributed by atoms with Crippen molar-refractivity contribution in [3.8, 4) is 11.6 Å². The minimum atomic E-state index is -0.986. The molecule has 0 unspecified atom stereocenters. The molecule has 0 amide bonds. The highest BCUT2D eigenvalue weighted by Gasteiger charge is 2.07. The molecule has 0 fully saturated rings. The first kappa shape index (κ1) is 13.4. The Hall–Kier alpha value is -2.08. The minimum Gasteiger partial charge on any atom is -0.439 e. The van der Waals surface area contributed by atoms with Crippen molar-refractivity contribution < 1.29 is 13.5 Å². The Morgan fingerprint density at radius 2 is 1.95 bits per heavy atom. The lowest BCUT2D eigenvalue weighted by molar-refractivity contribution is 0.446. The molecule has 1 heterocycles. The molecule has 98 valence electrons. The summed E-state index contributed by atoms with van der Waals surface area (Å²) in [4.78, 5) is 4.32. The fraction of sp³-hybridized carbons (Fsp3) is 0.0769. The van der Waals surface area contributed by atoms with Crippen LogP contribution in [0.4, 0.5) is 8.78 Å². The maximum absolute atomic E-state index is 13.1. The summed E-state index contributed by atoms with van der Waals surface area (Å²) in [5, 5.41) is 0. The van der Waals surface area contributed by atoms with Gasteiger partial charge >= 0.3 is 0 Å². The predicted octanol–water partition coefficient (Wildman–Crippen LogP) is 3.09. The minimum absolute atomic E-state index is 0.144. The number of aromatic nitrogens is 1. The van der Waals surface area contributed by atoms with Gasteiger partial charge in [-0.05, 0) is 25.1 Å². The molecular weight excluding hydrogens is 270 g/mol. The molecule has 2 N–H and O–H groups in total. The van der Waals surface area contributed by atoms with Crippen LogP contribution in [0.5, 0.6) is 11.6 Å². The third-order valence-electron chi connectivity index (χ3n) is 2.33. The van der Waals surface area contributed by atoms with E-state index in [0.29, 0.717) is 11.3 Å². The van der Waals surface area contributed by atoms with Crippen molar-refractivity contribution in [2.45, 2.75) is 6.92 Å². The standard InChI is InChI=1S/C13H10F2N2OS/c1-7-4-8(13(16)19)5-12(17-7)18-9-2-3-10(14)11(15)6-9/h2-6H,1H3,(H2,16,19). The normalized spacial score (nSPS) is 10.3. The molecule has 0 atom stereocenters. The molecule has 0 aliphatic rings.